The quantitative estimate of drug-likeness (QED) is 0.590. The van der Waals surface area contributed by atoms with Gasteiger partial charge in [0.25, 0.3) is 0 Å². The largest absolute Gasteiger partial charge is 0.333 e. The van der Waals surface area contributed by atoms with E-state index >= 15 is 0 Å². The third-order valence-electron chi connectivity index (χ3n) is 0.385. The number of halogens is 1. The summed E-state index contributed by atoms with van der Waals surface area (Å²) in [6, 6.07) is -0.245. The molecule has 0 aromatic carbocycles. The van der Waals surface area contributed by atoms with Gasteiger partial charge in [-0.25, -0.2) is 0 Å². The van der Waals surface area contributed by atoms with Crippen molar-refractivity contribution in [3.63, 3.8) is 0 Å². The summed E-state index contributed by atoms with van der Waals surface area (Å²) in [4.78, 5) is 0. The highest BCUT2D eigenvalue weighted by atomic mass is 35.5. The third-order valence-corrected chi connectivity index (χ3v) is 1.15. The van der Waals surface area contributed by atoms with E-state index in [9.17, 15) is 8.42 Å². The van der Waals surface area contributed by atoms with Crippen molar-refractivity contribution in [3.05, 3.63) is 0 Å². The van der Waals surface area contributed by atoms with Crippen molar-refractivity contribution in [2.45, 2.75) is 19.9 Å². The van der Waals surface area contributed by atoms with Gasteiger partial charge in [-0.15, -0.1) is 12.4 Å². The molecule has 0 unspecified atom stereocenters. The molecular weight excluding hydrogens is 166 g/mol. The van der Waals surface area contributed by atoms with E-state index < -0.39 is 10.3 Å². The summed E-state index contributed by atoms with van der Waals surface area (Å²) in [6.45, 7) is 3.24. The van der Waals surface area contributed by atoms with Gasteiger partial charge in [-0.05, 0) is 13.8 Å². The Morgan fingerprint density at radius 3 is 1.78 bits per heavy atom. The van der Waals surface area contributed by atoms with Crippen LogP contribution >= 0.6 is 12.4 Å². The average Bonchev–Trinajstić information content (AvgIpc) is 1.21. The summed E-state index contributed by atoms with van der Waals surface area (Å²) in [6.07, 6.45) is 0. The summed E-state index contributed by atoms with van der Waals surface area (Å²) in [7, 11) is -3.97. The molecule has 0 aromatic rings. The van der Waals surface area contributed by atoms with Gasteiger partial charge in [-0.1, -0.05) is 0 Å². The van der Waals surface area contributed by atoms with Gasteiger partial charge >= 0.3 is 10.3 Å². The molecule has 6 heteroatoms. The minimum Gasteiger partial charge on any atom is -0.273 e. The fourth-order valence-corrected chi connectivity index (χ4v) is 0.894. The fourth-order valence-electron chi connectivity index (χ4n) is 0.298. The molecule has 0 aliphatic rings. The van der Waals surface area contributed by atoms with E-state index in [1.54, 1.807) is 13.8 Å². The second-order valence-corrected chi connectivity index (χ2v) is 2.93. The summed E-state index contributed by atoms with van der Waals surface area (Å²) >= 11 is 0. The van der Waals surface area contributed by atoms with Gasteiger partial charge in [-0.2, -0.15) is 13.1 Å². The zero-order chi connectivity index (χ0) is 6.78. The van der Waals surface area contributed by atoms with E-state index in [4.69, 9.17) is 4.55 Å². The van der Waals surface area contributed by atoms with Crippen LogP contribution in [-0.2, 0) is 10.3 Å². The topological polar surface area (TPSA) is 66.4 Å². The summed E-state index contributed by atoms with van der Waals surface area (Å²) in [5.41, 5.74) is 0. The molecule has 0 heterocycles. The second kappa shape index (κ2) is 4.05. The highest BCUT2D eigenvalue weighted by Crippen LogP contribution is 1.79. The normalized spacial score (nSPS) is 11.1. The fraction of sp³-hybridized carbons (Fsp3) is 1.00. The van der Waals surface area contributed by atoms with Gasteiger partial charge in [0.05, 0.1) is 0 Å². The molecule has 0 aromatic heterocycles. The number of hydrogen-bond acceptors (Lipinski definition) is 2. The van der Waals surface area contributed by atoms with E-state index in [0.717, 1.165) is 0 Å². The smallest absolute Gasteiger partial charge is 0.273 e. The Kier molecular flexibility index (Phi) is 5.36. The van der Waals surface area contributed by atoms with E-state index in [0.29, 0.717) is 0 Å². The summed E-state index contributed by atoms with van der Waals surface area (Å²) in [5.74, 6) is 0. The predicted octanol–water partition coefficient (Wildman–Crippen LogP) is 0.209. The molecule has 0 spiro atoms. The minimum atomic E-state index is -3.97. The zero-order valence-electron chi connectivity index (χ0n) is 5.16. The number of rotatable bonds is 2. The molecule has 2 N–H and O–H groups in total. The Morgan fingerprint density at radius 2 is 1.78 bits per heavy atom. The first-order valence-corrected chi connectivity index (χ1v) is 3.60. The highest BCUT2D eigenvalue weighted by Gasteiger charge is 2.03. The van der Waals surface area contributed by atoms with Crippen LogP contribution in [0.3, 0.4) is 0 Å². The van der Waals surface area contributed by atoms with Crippen molar-refractivity contribution in [1.29, 1.82) is 0 Å². The lowest BCUT2D eigenvalue weighted by Crippen LogP contribution is -2.29. The Labute approximate surface area is 60.9 Å². The van der Waals surface area contributed by atoms with Crippen molar-refractivity contribution in [3.8, 4) is 0 Å². The van der Waals surface area contributed by atoms with Crippen LogP contribution in [0, 0.1) is 0 Å². The molecule has 0 amide bonds. The first-order valence-electron chi connectivity index (χ1n) is 2.16. The Hall–Kier alpha value is 0.160. The lowest BCUT2D eigenvalue weighted by molar-refractivity contribution is 0.460. The van der Waals surface area contributed by atoms with Crippen molar-refractivity contribution < 1.29 is 13.0 Å². The Bertz CT molecular complexity index is 152. The van der Waals surface area contributed by atoms with Crippen LogP contribution in [-0.4, -0.2) is 19.0 Å². The van der Waals surface area contributed by atoms with Gasteiger partial charge in [0, 0.05) is 6.04 Å². The van der Waals surface area contributed by atoms with Gasteiger partial charge in [0.1, 0.15) is 0 Å². The highest BCUT2D eigenvalue weighted by molar-refractivity contribution is 7.83. The van der Waals surface area contributed by atoms with Gasteiger partial charge in [0.15, 0.2) is 0 Å². The third kappa shape index (κ3) is 11.6. The van der Waals surface area contributed by atoms with Crippen molar-refractivity contribution >= 4 is 22.7 Å². The maximum Gasteiger partial charge on any atom is 0.333 e. The predicted molar refractivity (Wildman–Crippen MR) is 37.1 cm³/mol. The maximum absolute atomic E-state index is 9.89. The first-order chi connectivity index (χ1) is 3.42. The summed E-state index contributed by atoms with van der Waals surface area (Å²) < 4.78 is 29.7. The molecule has 0 radical (unpaired) electrons. The van der Waals surface area contributed by atoms with Crippen LogP contribution < -0.4 is 4.72 Å². The summed E-state index contributed by atoms with van der Waals surface area (Å²) in [5, 5.41) is 0. The standard InChI is InChI=1S/C3H9NO3S.ClH/c1-3(2)4-8(5,6)7;/h3-4H,1-2H3,(H,5,6,7);1H. The Balaban J connectivity index is 0. The molecular formula is C3H10ClNO3S. The molecule has 9 heavy (non-hydrogen) atoms. The SMILES string of the molecule is CC(C)NS(=O)(=O)O.Cl. The maximum atomic E-state index is 9.89. The number of hydrogen-bond donors (Lipinski definition) is 2. The Morgan fingerprint density at radius 1 is 1.44 bits per heavy atom. The van der Waals surface area contributed by atoms with Crippen LogP contribution in [0.4, 0.5) is 0 Å². The lowest BCUT2D eigenvalue weighted by atomic mass is 10.4. The minimum absolute atomic E-state index is 0. The number of nitrogens with one attached hydrogen (secondary N) is 1. The molecule has 0 fully saturated rings. The molecule has 0 aliphatic carbocycles. The molecule has 0 aliphatic heterocycles. The van der Waals surface area contributed by atoms with Crippen LogP contribution in [0.15, 0.2) is 0 Å². The second-order valence-electron chi connectivity index (χ2n) is 1.75. The van der Waals surface area contributed by atoms with Crippen molar-refractivity contribution in [2.75, 3.05) is 0 Å². The van der Waals surface area contributed by atoms with Crippen LogP contribution in [0.25, 0.3) is 0 Å². The van der Waals surface area contributed by atoms with E-state index in [1.807, 2.05) is 4.72 Å². The van der Waals surface area contributed by atoms with Crippen LogP contribution in [0.1, 0.15) is 13.8 Å². The molecule has 0 saturated heterocycles. The van der Waals surface area contributed by atoms with E-state index in [2.05, 4.69) is 0 Å². The van der Waals surface area contributed by atoms with Gasteiger partial charge < -0.3 is 0 Å². The zero-order valence-corrected chi connectivity index (χ0v) is 6.79. The van der Waals surface area contributed by atoms with Crippen LogP contribution in [0.5, 0.6) is 0 Å². The van der Waals surface area contributed by atoms with E-state index in [1.165, 1.54) is 0 Å². The van der Waals surface area contributed by atoms with Crippen molar-refractivity contribution in [2.24, 2.45) is 0 Å². The lowest BCUT2D eigenvalue weighted by Gasteiger charge is -2.01. The molecule has 0 bridgehead atoms. The van der Waals surface area contributed by atoms with Crippen molar-refractivity contribution in [1.82, 2.24) is 4.72 Å². The van der Waals surface area contributed by atoms with Crippen LogP contribution in [0.2, 0.25) is 0 Å². The average molecular weight is 176 g/mol. The molecule has 4 nitrogen and oxygen atoms in total. The molecule has 0 rings (SSSR count). The van der Waals surface area contributed by atoms with Gasteiger partial charge in [0.2, 0.25) is 0 Å². The van der Waals surface area contributed by atoms with E-state index in [-0.39, 0.29) is 18.4 Å². The molecule has 0 atom stereocenters. The molecule has 58 valence electrons. The monoisotopic (exact) mass is 175 g/mol. The van der Waals surface area contributed by atoms with Gasteiger partial charge in [-0.3, -0.25) is 4.55 Å². The molecule has 0 saturated carbocycles. The first kappa shape index (κ1) is 11.9.